The molecule has 0 radical (unpaired) electrons. The number of hydrogen-bond donors (Lipinski definition) is 1. The highest BCUT2D eigenvalue weighted by molar-refractivity contribution is 5.94. The number of ether oxygens (including phenoxy) is 1. The lowest BCUT2D eigenvalue weighted by molar-refractivity contribution is -0.119. The second-order valence-corrected chi connectivity index (χ2v) is 5.97. The molecule has 5 nitrogen and oxygen atoms in total. The summed E-state index contributed by atoms with van der Waals surface area (Å²) in [6.07, 6.45) is 0. The Morgan fingerprint density at radius 2 is 1.68 bits per heavy atom. The highest BCUT2D eigenvalue weighted by Gasteiger charge is 2.19. The van der Waals surface area contributed by atoms with Crippen molar-refractivity contribution in [1.82, 2.24) is 10.2 Å². The fraction of sp³-hybridized carbons (Fsp3) is 0.300. The van der Waals surface area contributed by atoms with Gasteiger partial charge in [-0.15, -0.1) is 0 Å². The molecule has 2 rings (SSSR count). The van der Waals surface area contributed by atoms with E-state index in [0.29, 0.717) is 12.1 Å². The van der Waals surface area contributed by atoms with Crippen LogP contribution in [0.5, 0.6) is 5.75 Å². The summed E-state index contributed by atoms with van der Waals surface area (Å²) in [5, 5.41) is 2.74. The van der Waals surface area contributed by atoms with E-state index >= 15 is 0 Å². The van der Waals surface area contributed by atoms with Crippen molar-refractivity contribution in [3.63, 3.8) is 0 Å². The quantitative estimate of drug-likeness (QED) is 0.879. The van der Waals surface area contributed by atoms with Gasteiger partial charge in [0.15, 0.2) is 0 Å². The second-order valence-electron chi connectivity index (χ2n) is 5.97. The normalized spacial score (nSPS) is 11.5. The highest BCUT2D eigenvalue weighted by atomic mass is 16.5. The van der Waals surface area contributed by atoms with Crippen LogP contribution in [-0.4, -0.2) is 30.9 Å². The summed E-state index contributed by atoms with van der Waals surface area (Å²) in [4.78, 5) is 25.4. The van der Waals surface area contributed by atoms with Gasteiger partial charge in [0.2, 0.25) is 5.91 Å². The standard InChI is InChI=1S/C20H24N2O3/c1-14(17-9-11-19(25-4)12-10-17)22(3)20(24)18-7-5-16(6-8-18)13-21-15(2)23/h5-12,14H,13H2,1-4H3,(H,21,23). The Labute approximate surface area is 148 Å². The maximum absolute atomic E-state index is 12.7. The molecular formula is C20H24N2O3. The Kier molecular flexibility index (Phi) is 6.17. The zero-order chi connectivity index (χ0) is 18.4. The van der Waals surface area contributed by atoms with Crippen LogP contribution in [0.25, 0.3) is 0 Å². The molecule has 0 bridgehead atoms. The summed E-state index contributed by atoms with van der Waals surface area (Å²) < 4.78 is 5.17. The van der Waals surface area contributed by atoms with Crippen LogP contribution < -0.4 is 10.1 Å². The number of carbonyl (C=O) groups is 2. The summed E-state index contributed by atoms with van der Waals surface area (Å²) in [5.74, 6) is 0.669. The van der Waals surface area contributed by atoms with E-state index in [4.69, 9.17) is 4.74 Å². The second kappa shape index (κ2) is 8.33. The van der Waals surface area contributed by atoms with Gasteiger partial charge >= 0.3 is 0 Å². The Hall–Kier alpha value is -2.82. The first-order chi connectivity index (χ1) is 11.9. The molecule has 2 aromatic carbocycles. The molecule has 0 spiro atoms. The van der Waals surface area contributed by atoms with Gasteiger partial charge < -0.3 is 15.0 Å². The van der Waals surface area contributed by atoms with Gasteiger partial charge in [0.1, 0.15) is 5.75 Å². The van der Waals surface area contributed by atoms with Gasteiger partial charge in [-0.25, -0.2) is 0 Å². The maximum Gasteiger partial charge on any atom is 0.254 e. The molecule has 25 heavy (non-hydrogen) atoms. The van der Waals surface area contributed by atoms with Gasteiger partial charge in [-0.05, 0) is 42.3 Å². The molecule has 1 N–H and O–H groups in total. The molecule has 2 amide bonds. The molecule has 0 aromatic heterocycles. The van der Waals surface area contributed by atoms with Gasteiger partial charge in [0, 0.05) is 26.1 Å². The van der Waals surface area contributed by atoms with Crippen molar-refractivity contribution >= 4 is 11.8 Å². The number of amides is 2. The molecule has 0 saturated heterocycles. The lowest BCUT2D eigenvalue weighted by Crippen LogP contribution is -2.29. The first-order valence-corrected chi connectivity index (χ1v) is 8.17. The lowest BCUT2D eigenvalue weighted by atomic mass is 10.1. The van der Waals surface area contributed by atoms with E-state index in [2.05, 4.69) is 5.32 Å². The summed E-state index contributed by atoms with van der Waals surface area (Å²) >= 11 is 0. The fourth-order valence-corrected chi connectivity index (χ4v) is 2.48. The SMILES string of the molecule is COc1ccc(C(C)N(C)C(=O)c2ccc(CNC(C)=O)cc2)cc1. The largest absolute Gasteiger partial charge is 0.497 e. The predicted octanol–water partition coefficient (Wildman–Crippen LogP) is 3.16. The van der Waals surface area contributed by atoms with E-state index < -0.39 is 0 Å². The van der Waals surface area contributed by atoms with Crippen LogP contribution in [0.4, 0.5) is 0 Å². The van der Waals surface area contributed by atoms with Gasteiger partial charge in [-0.2, -0.15) is 0 Å². The highest BCUT2D eigenvalue weighted by Crippen LogP contribution is 2.23. The molecule has 0 aliphatic heterocycles. The van der Waals surface area contributed by atoms with Crippen LogP contribution in [0.15, 0.2) is 48.5 Å². The zero-order valence-electron chi connectivity index (χ0n) is 15.1. The maximum atomic E-state index is 12.7. The Morgan fingerprint density at radius 1 is 1.08 bits per heavy atom. The molecule has 2 aromatic rings. The first-order valence-electron chi connectivity index (χ1n) is 8.17. The third-order valence-corrected chi connectivity index (χ3v) is 4.24. The van der Waals surface area contributed by atoms with Crippen molar-refractivity contribution in [2.75, 3.05) is 14.2 Å². The van der Waals surface area contributed by atoms with Gasteiger partial charge in [-0.3, -0.25) is 9.59 Å². The van der Waals surface area contributed by atoms with Crippen molar-refractivity contribution in [2.45, 2.75) is 26.4 Å². The van der Waals surface area contributed by atoms with E-state index in [-0.39, 0.29) is 17.9 Å². The molecule has 0 fully saturated rings. The summed E-state index contributed by atoms with van der Waals surface area (Å²) in [7, 11) is 3.42. The Bertz CT molecular complexity index is 724. The van der Waals surface area contributed by atoms with Crippen molar-refractivity contribution < 1.29 is 14.3 Å². The average molecular weight is 340 g/mol. The monoisotopic (exact) mass is 340 g/mol. The topological polar surface area (TPSA) is 58.6 Å². The summed E-state index contributed by atoms with van der Waals surface area (Å²) in [6.45, 7) is 3.93. The van der Waals surface area contributed by atoms with E-state index in [1.54, 1.807) is 31.2 Å². The smallest absolute Gasteiger partial charge is 0.254 e. The molecule has 132 valence electrons. The third-order valence-electron chi connectivity index (χ3n) is 4.24. The van der Waals surface area contributed by atoms with Crippen LogP contribution in [0.3, 0.4) is 0 Å². The van der Waals surface area contributed by atoms with Crippen molar-refractivity contribution in [3.8, 4) is 5.75 Å². The Morgan fingerprint density at radius 3 is 2.20 bits per heavy atom. The number of nitrogens with one attached hydrogen (secondary N) is 1. The zero-order valence-corrected chi connectivity index (χ0v) is 15.1. The van der Waals surface area contributed by atoms with E-state index in [0.717, 1.165) is 16.9 Å². The predicted molar refractivity (Wildman–Crippen MR) is 97.5 cm³/mol. The molecule has 0 aliphatic carbocycles. The minimum Gasteiger partial charge on any atom is -0.497 e. The number of methoxy groups -OCH3 is 1. The van der Waals surface area contributed by atoms with E-state index in [1.165, 1.54) is 6.92 Å². The van der Waals surface area contributed by atoms with Gasteiger partial charge in [0.25, 0.3) is 5.91 Å². The van der Waals surface area contributed by atoms with Crippen LogP contribution in [-0.2, 0) is 11.3 Å². The minimum absolute atomic E-state index is 0.0469. The summed E-state index contributed by atoms with van der Waals surface area (Å²) in [5.41, 5.74) is 2.62. The number of nitrogens with zero attached hydrogens (tertiary/aromatic N) is 1. The molecule has 1 atom stereocenters. The molecular weight excluding hydrogens is 316 g/mol. The molecule has 5 heteroatoms. The molecule has 0 saturated carbocycles. The van der Waals surface area contributed by atoms with Crippen LogP contribution in [0.2, 0.25) is 0 Å². The van der Waals surface area contributed by atoms with Crippen LogP contribution >= 0.6 is 0 Å². The number of benzene rings is 2. The van der Waals surface area contributed by atoms with Crippen LogP contribution in [0.1, 0.15) is 41.4 Å². The Balaban J connectivity index is 2.06. The number of carbonyl (C=O) groups excluding carboxylic acids is 2. The van der Waals surface area contributed by atoms with Crippen molar-refractivity contribution in [2.24, 2.45) is 0 Å². The number of rotatable bonds is 6. The van der Waals surface area contributed by atoms with Gasteiger partial charge in [-0.1, -0.05) is 24.3 Å². The average Bonchev–Trinajstić information content (AvgIpc) is 2.65. The van der Waals surface area contributed by atoms with E-state index in [1.807, 2.05) is 43.3 Å². The first kappa shape index (κ1) is 18.5. The molecule has 0 aliphatic rings. The third kappa shape index (κ3) is 4.83. The lowest BCUT2D eigenvalue weighted by Gasteiger charge is -2.25. The molecule has 0 heterocycles. The van der Waals surface area contributed by atoms with Crippen molar-refractivity contribution in [3.05, 3.63) is 65.2 Å². The molecule has 1 unspecified atom stereocenters. The fourth-order valence-electron chi connectivity index (χ4n) is 2.48. The van der Waals surface area contributed by atoms with E-state index in [9.17, 15) is 9.59 Å². The van der Waals surface area contributed by atoms with Gasteiger partial charge in [0.05, 0.1) is 13.2 Å². The van der Waals surface area contributed by atoms with Crippen molar-refractivity contribution in [1.29, 1.82) is 0 Å². The summed E-state index contributed by atoms with van der Waals surface area (Å²) in [6, 6.07) is 14.9. The number of hydrogen-bond acceptors (Lipinski definition) is 3. The minimum atomic E-state index is -0.0757. The van der Waals surface area contributed by atoms with Crippen LogP contribution in [0, 0.1) is 0 Å².